The van der Waals surface area contributed by atoms with Crippen molar-refractivity contribution in [2.24, 2.45) is 0 Å². The molecule has 0 spiro atoms. The van der Waals surface area contributed by atoms with Gasteiger partial charge >= 0.3 is 0 Å². The van der Waals surface area contributed by atoms with Crippen molar-refractivity contribution in [3.63, 3.8) is 0 Å². The van der Waals surface area contributed by atoms with Gasteiger partial charge in [0, 0.05) is 53.7 Å². The first-order valence-corrected chi connectivity index (χ1v) is 16.9. The van der Waals surface area contributed by atoms with E-state index in [1.165, 1.54) is 69.9 Å². The zero-order valence-corrected chi connectivity index (χ0v) is 27.1. The first-order chi connectivity index (χ1) is 23.1. The number of aryl methyl sites for hydroxylation is 2. The van der Waals surface area contributed by atoms with Gasteiger partial charge in [-0.1, -0.05) is 96.6 Å². The van der Waals surface area contributed by atoms with Gasteiger partial charge in [-0.15, -0.1) is 11.3 Å². The van der Waals surface area contributed by atoms with Gasteiger partial charge in [0.2, 0.25) is 0 Å². The molecule has 0 saturated carbocycles. The molecular formula is C44H32N2S. The van der Waals surface area contributed by atoms with Crippen LogP contribution in [0.4, 0.5) is 17.1 Å². The zero-order chi connectivity index (χ0) is 31.5. The lowest BCUT2D eigenvalue weighted by molar-refractivity contribution is 1.18. The van der Waals surface area contributed by atoms with Crippen LogP contribution < -0.4 is 4.90 Å². The second kappa shape index (κ2) is 11.0. The summed E-state index contributed by atoms with van der Waals surface area (Å²) >= 11 is 1.86. The van der Waals surface area contributed by atoms with E-state index in [0.29, 0.717) is 0 Å². The van der Waals surface area contributed by atoms with Crippen LogP contribution in [0.25, 0.3) is 58.8 Å². The van der Waals surface area contributed by atoms with Crippen LogP contribution in [-0.4, -0.2) is 4.57 Å². The molecule has 9 aromatic rings. The van der Waals surface area contributed by atoms with Gasteiger partial charge in [-0.3, -0.25) is 0 Å². The molecule has 2 heterocycles. The fourth-order valence-electron chi connectivity index (χ4n) is 7.06. The topological polar surface area (TPSA) is 8.17 Å². The summed E-state index contributed by atoms with van der Waals surface area (Å²) < 4.78 is 5.08. The summed E-state index contributed by atoms with van der Waals surface area (Å²) in [6.07, 6.45) is 0. The summed E-state index contributed by atoms with van der Waals surface area (Å²) in [5, 5.41) is 5.13. The van der Waals surface area contributed by atoms with Crippen LogP contribution in [0.2, 0.25) is 0 Å². The SMILES string of the molecule is Cc1ccc(N(c2ccc(-c3ccccc3C)cc2)c2ccc3c4ccccc4n(-c4ccc5sc6ccccc6c5c4)c3c2)cc1. The number of rotatable bonds is 5. The number of para-hydroxylation sites is 1. The average molecular weight is 621 g/mol. The maximum absolute atomic E-state index is 2.44. The van der Waals surface area contributed by atoms with Crippen LogP contribution in [0.15, 0.2) is 158 Å². The predicted octanol–water partition coefficient (Wildman–Crippen LogP) is 12.9. The Morgan fingerprint density at radius 1 is 0.468 bits per heavy atom. The largest absolute Gasteiger partial charge is 0.310 e. The molecule has 0 radical (unpaired) electrons. The van der Waals surface area contributed by atoms with Crippen LogP contribution in [0, 0.1) is 13.8 Å². The number of nitrogens with zero attached hydrogens (tertiary/aromatic N) is 2. The Kier molecular flexibility index (Phi) is 6.48. The Bertz CT molecular complexity index is 2590. The van der Waals surface area contributed by atoms with E-state index >= 15 is 0 Å². The van der Waals surface area contributed by atoms with Crippen molar-refractivity contribution in [2.45, 2.75) is 13.8 Å². The first kappa shape index (κ1) is 27.7. The van der Waals surface area contributed by atoms with E-state index < -0.39 is 0 Å². The molecule has 2 nitrogen and oxygen atoms in total. The third-order valence-electron chi connectivity index (χ3n) is 9.41. The lowest BCUT2D eigenvalue weighted by Gasteiger charge is -2.26. The molecule has 224 valence electrons. The molecule has 0 unspecified atom stereocenters. The van der Waals surface area contributed by atoms with E-state index in [0.717, 1.165) is 17.1 Å². The van der Waals surface area contributed by atoms with E-state index in [-0.39, 0.29) is 0 Å². The fraction of sp³-hybridized carbons (Fsp3) is 0.0455. The fourth-order valence-corrected chi connectivity index (χ4v) is 8.14. The maximum atomic E-state index is 2.44. The van der Waals surface area contributed by atoms with Crippen molar-refractivity contribution >= 4 is 70.4 Å². The minimum atomic E-state index is 1.12. The third kappa shape index (κ3) is 4.62. The van der Waals surface area contributed by atoms with E-state index in [1.54, 1.807) is 0 Å². The molecule has 0 amide bonds. The number of benzene rings is 7. The molecule has 47 heavy (non-hydrogen) atoms. The zero-order valence-electron chi connectivity index (χ0n) is 26.3. The maximum Gasteiger partial charge on any atom is 0.0561 e. The quantitative estimate of drug-likeness (QED) is 0.186. The van der Waals surface area contributed by atoms with Crippen molar-refractivity contribution in [3.8, 4) is 16.8 Å². The standard InChI is InChI=1S/C44H32N2S/c1-29-15-19-32(20-16-29)45(33-21-17-31(18-22-33)36-10-4-3-9-30(36)2)35-23-25-38-37-11-5-7-13-41(37)46(42(38)28-35)34-24-26-44-40(27-34)39-12-6-8-14-43(39)47-44/h3-28H,1-2H3. The van der Waals surface area contributed by atoms with Gasteiger partial charge in [-0.25, -0.2) is 0 Å². The van der Waals surface area contributed by atoms with Crippen molar-refractivity contribution in [1.82, 2.24) is 4.57 Å². The van der Waals surface area contributed by atoms with Crippen LogP contribution in [0.5, 0.6) is 0 Å². The normalized spacial score (nSPS) is 11.6. The minimum absolute atomic E-state index is 1.12. The van der Waals surface area contributed by atoms with Crippen LogP contribution in [0.3, 0.4) is 0 Å². The van der Waals surface area contributed by atoms with E-state index in [1.807, 2.05) is 11.3 Å². The summed E-state index contributed by atoms with van der Waals surface area (Å²) in [5.74, 6) is 0. The highest BCUT2D eigenvalue weighted by molar-refractivity contribution is 7.25. The van der Waals surface area contributed by atoms with Gasteiger partial charge in [0.15, 0.2) is 0 Å². The van der Waals surface area contributed by atoms with Gasteiger partial charge in [0.1, 0.15) is 0 Å². The lowest BCUT2D eigenvalue weighted by atomic mass is 10.0. The molecule has 0 aliphatic heterocycles. The van der Waals surface area contributed by atoms with Crippen molar-refractivity contribution in [1.29, 1.82) is 0 Å². The summed E-state index contributed by atoms with van der Waals surface area (Å²) in [5.41, 5.74) is 12.0. The minimum Gasteiger partial charge on any atom is -0.310 e. The highest BCUT2D eigenvalue weighted by Gasteiger charge is 2.18. The third-order valence-corrected chi connectivity index (χ3v) is 10.6. The Balaban J connectivity index is 1.25. The Morgan fingerprint density at radius 3 is 1.91 bits per heavy atom. The van der Waals surface area contributed by atoms with Crippen molar-refractivity contribution in [3.05, 3.63) is 169 Å². The second-order valence-electron chi connectivity index (χ2n) is 12.4. The smallest absolute Gasteiger partial charge is 0.0561 e. The van der Waals surface area contributed by atoms with Crippen molar-refractivity contribution < 1.29 is 0 Å². The number of anilines is 3. The average Bonchev–Trinajstić information content (AvgIpc) is 3.65. The molecule has 0 atom stereocenters. The van der Waals surface area contributed by atoms with Gasteiger partial charge in [0.05, 0.1) is 11.0 Å². The van der Waals surface area contributed by atoms with Crippen LogP contribution >= 0.6 is 11.3 Å². The number of aromatic nitrogens is 1. The first-order valence-electron chi connectivity index (χ1n) is 16.1. The van der Waals surface area contributed by atoms with E-state index in [2.05, 4.69) is 181 Å². The summed E-state index contributed by atoms with van der Waals surface area (Å²) in [6.45, 7) is 4.32. The van der Waals surface area contributed by atoms with E-state index in [4.69, 9.17) is 0 Å². The highest BCUT2D eigenvalue weighted by atomic mass is 32.1. The van der Waals surface area contributed by atoms with Gasteiger partial charge in [0.25, 0.3) is 0 Å². The van der Waals surface area contributed by atoms with Crippen molar-refractivity contribution in [2.75, 3.05) is 4.90 Å². The number of fused-ring (bicyclic) bond motifs is 6. The van der Waals surface area contributed by atoms with Gasteiger partial charge in [-0.05, 0) is 97.3 Å². The molecular weight excluding hydrogens is 589 g/mol. The number of thiophene rings is 1. The number of hydrogen-bond donors (Lipinski definition) is 0. The molecule has 7 aromatic carbocycles. The second-order valence-corrected chi connectivity index (χ2v) is 13.4. The Hall–Kier alpha value is -5.64. The van der Waals surface area contributed by atoms with Crippen LogP contribution in [0.1, 0.15) is 11.1 Å². The summed E-state index contributed by atoms with van der Waals surface area (Å²) in [6, 6.07) is 57.8. The molecule has 0 N–H and O–H groups in total. The number of hydrogen-bond acceptors (Lipinski definition) is 2. The molecule has 0 fully saturated rings. The summed E-state index contributed by atoms with van der Waals surface area (Å²) in [4.78, 5) is 2.37. The summed E-state index contributed by atoms with van der Waals surface area (Å²) in [7, 11) is 0. The predicted molar refractivity (Wildman–Crippen MR) is 203 cm³/mol. The Labute approximate surface area is 278 Å². The Morgan fingerprint density at radius 2 is 1.11 bits per heavy atom. The molecule has 0 saturated heterocycles. The molecule has 0 aliphatic rings. The molecule has 3 heteroatoms. The lowest BCUT2D eigenvalue weighted by Crippen LogP contribution is -2.10. The highest BCUT2D eigenvalue weighted by Crippen LogP contribution is 2.41. The molecule has 0 aliphatic carbocycles. The molecule has 0 bridgehead atoms. The van der Waals surface area contributed by atoms with E-state index in [9.17, 15) is 0 Å². The molecule has 9 rings (SSSR count). The van der Waals surface area contributed by atoms with Gasteiger partial charge in [-0.2, -0.15) is 0 Å². The monoisotopic (exact) mass is 620 g/mol. The van der Waals surface area contributed by atoms with Gasteiger partial charge < -0.3 is 9.47 Å². The van der Waals surface area contributed by atoms with Crippen LogP contribution in [-0.2, 0) is 0 Å². The molecule has 2 aromatic heterocycles.